The smallest absolute Gasteiger partial charge is 0.422 e. The molecule has 8 heteroatoms. The second-order valence-corrected chi connectivity index (χ2v) is 5.94. The second kappa shape index (κ2) is 7.21. The Morgan fingerprint density at radius 3 is 2.92 bits per heavy atom. The summed E-state index contributed by atoms with van der Waals surface area (Å²) in [7, 11) is 0. The first-order valence-electron chi connectivity index (χ1n) is 7.84. The average molecular weight is 340 g/mol. The largest absolute Gasteiger partial charge is 0.484 e. The van der Waals surface area contributed by atoms with Gasteiger partial charge in [0.05, 0.1) is 6.54 Å². The van der Waals surface area contributed by atoms with Crippen LogP contribution in [0.2, 0.25) is 0 Å². The van der Waals surface area contributed by atoms with Gasteiger partial charge in [-0.05, 0) is 37.1 Å². The quantitative estimate of drug-likeness (QED) is 0.811. The fraction of sp³-hybridized carbons (Fsp3) is 0.500. The minimum absolute atomic E-state index is 0.247. The highest BCUT2D eigenvalue weighted by Crippen LogP contribution is 2.24. The number of aromatic nitrogens is 3. The van der Waals surface area contributed by atoms with Crippen LogP contribution in [0.3, 0.4) is 0 Å². The van der Waals surface area contributed by atoms with Crippen LogP contribution in [-0.4, -0.2) is 45.0 Å². The molecule has 0 N–H and O–H groups in total. The van der Waals surface area contributed by atoms with E-state index in [-0.39, 0.29) is 5.75 Å². The highest BCUT2D eigenvalue weighted by atomic mass is 19.4. The monoisotopic (exact) mass is 340 g/mol. The maximum Gasteiger partial charge on any atom is 0.422 e. The van der Waals surface area contributed by atoms with Crippen molar-refractivity contribution in [2.24, 2.45) is 0 Å². The van der Waals surface area contributed by atoms with E-state index in [0.29, 0.717) is 12.6 Å². The van der Waals surface area contributed by atoms with Gasteiger partial charge in [0, 0.05) is 12.6 Å². The number of ether oxygens (including phenoxy) is 1. The molecule has 1 unspecified atom stereocenters. The van der Waals surface area contributed by atoms with E-state index in [2.05, 4.69) is 15.0 Å². The lowest BCUT2D eigenvalue weighted by atomic mass is 10.1. The predicted molar refractivity (Wildman–Crippen MR) is 81.4 cm³/mol. The van der Waals surface area contributed by atoms with Crippen molar-refractivity contribution in [1.29, 1.82) is 0 Å². The molecule has 5 nitrogen and oxygen atoms in total. The molecule has 1 aliphatic heterocycles. The van der Waals surface area contributed by atoms with Crippen molar-refractivity contribution in [2.45, 2.75) is 38.1 Å². The van der Waals surface area contributed by atoms with Crippen molar-refractivity contribution < 1.29 is 17.9 Å². The van der Waals surface area contributed by atoms with Crippen LogP contribution in [0, 0.1) is 0 Å². The lowest BCUT2D eigenvalue weighted by molar-refractivity contribution is -0.153. The van der Waals surface area contributed by atoms with E-state index in [1.807, 2.05) is 10.7 Å². The summed E-state index contributed by atoms with van der Waals surface area (Å²) < 4.78 is 43.4. The Kier molecular flexibility index (Phi) is 5.03. The third kappa shape index (κ3) is 4.70. The molecule has 1 aromatic carbocycles. The van der Waals surface area contributed by atoms with Gasteiger partial charge in [-0.15, -0.1) is 0 Å². The van der Waals surface area contributed by atoms with Crippen molar-refractivity contribution in [1.82, 2.24) is 19.7 Å². The van der Waals surface area contributed by atoms with Crippen LogP contribution in [-0.2, 0) is 13.1 Å². The molecular formula is C16H19F3N4O. The molecule has 3 rings (SSSR count). The Morgan fingerprint density at radius 2 is 2.17 bits per heavy atom. The van der Waals surface area contributed by atoms with E-state index in [4.69, 9.17) is 4.74 Å². The first-order chi connectivity index (χ1) is 11.5. The maximum atomic E-state index is 12.3. The number of rotatable bonds is 6. The Bertz CT molecular complexity index is 645. The highest BCUT2D eigenvalue weighted by molar-refractivity contribution is 5.28. The van der Waals surface area contributed by atoms with E-state index >= 15 is 0 Å². The summed E-state index contributed by atoms with van der Waals surface area (Å²) in [6, 6.07) is 7.21. The molecule has 24 heavy (non-hydrogen) atoms. The van der Waals surface area contributed by atoms with Gasteiger partial charge in [0.1, 0.15) is 18.4 Å². The average Bonchev–Trinajstić information content (AvgIpc) is 3.18. The first kappa shape index (κ1) is 16.8. The topological polar surface area (TPSA) is 43.2 Å². The first-order valence-corrected chi connectivity index (χ1v) is 7.84. The standard InChI is InChI=1S/C16H19F3N4O/c17-16(18,19)10-24-15-5-1-3-13(7-15)8-22-6-2-4-14(22)9-23-12-20-11-21-23/h1,3,5,7,11-12,14H,2,4,6,8-10H2. The fourth-order valence-corrected chi connectivity index (χ4v) is 2.99. The van der Waals surface area contributed by atoms with Crippen molar-refractivity contribution in [2.75, 3.05) is 13.2 Å². The van der Waals surface area contributed by atoms with Crippen LogP contribution in [0.5, 0.6) is 5.75 Å². The van der Waals surface area contributed by atoms with E-state index in [0.717, 1.165) is 31.5 Å². The number of likely N-dealkylation sites (tertiary alicyclic amines) is 1. The molecule has 0 spiro atoms. The Balaban J connectivity index is 1.60. The highest BCUT2D eigenvalue weighted by Gasteiger charge is 2.28. The zero-order chi connectivity index (χ0) is 17.0. The number of hydrogen-bond donors (Lipinski definition) is 0. The van der Waals surface area contributed by atoms with E-state index in [9.17, 15) is 13.2 Å². The van der Waals surface area contributed by atoms with Gasteiger partial charge in [0.15, 0.2) is 6.61 Å². The number of benzene rings is 1. The van der Waals surface area contributed by atoms with Crippen molar-refractivity contribution in [3.63, 3.8) is 0 Å². The molecular weight excluding hydrogens is 321 g/mol. The van der Waals surface area contributed by atoms with Gasteiger partial charge in [-0.3, -0.25) is 9.58 Å². The van der Waals surface area contributed by atoms with Gasteiger partial charge >= 0.3 is 6.18 Å². The molecule has 1 aliphatic rings. The molecule has 1 saturated heterocycles. The van der Waals surface area contributed by atoms with Crippen LogP contribution in [0.15, 0.2) is 36.9 Å². The Morgan fingerprint density at radius 1 is 1.29 bits per heavy atom. The maximum absolute atomic E-state index is 12.3. The lowest BCUT2D eigenvalue weighted by Gasteiger charge is -2.24. The van der Waals surface area contributed by atoms with Gasteiger partial charge in [-0.1, -0.05) is 12.1 Å². The zero-order valence-electron chi connectivity index (χ0n) is 13.1. The van der Waals surface area contributed by atoms with Gasteiger partial charge in [0.25, 0.3) is 0 Å². The molecule has 2 heterocycles. The minimum Gasteiger partial charge on any atom is -0.484 e. The van der Waals surface area contributed by atoms with Crippen LogP contribution < -0.4 is 4.74 Å². The summed E-state index contributed by atoms with van der Waals surface area (Å²) in [5.41, 5.74) is 0.945. The van der Waals surface area contributed by atoms with Gasteiger partial charge in [0.2, 0.25) is 0 Å². The normalized spacial score (nSPS) is 18.9. The Labute approximate surface area is 138 Å². The second-order valence-electron chi connectivity index (χ2n) is 5.94. The predicted octanol–water partition coefficient (Wildman–Crippen LogP) is 2.88. The van der Waals surface area contributed by atoms with Gasteiger partial charge < -0.3 is 4.74 Å². The van der Waals surface area contributed by atoms with Crippen molar-refractivity contribution in [3.05, 3.63) is 42.5 Å². The van der Waals surface area contributed by atoms with Crippen LogP contribution >= 0.6 is 0 Å². The summed E-state index contributed by atoms with van der Waals surface area (Å²) in [6.07, 6.45) is 1.06. The van der Waals surface area contributed by atoms with Crippen LogP contribution in [0.1, 0.15) is 18.4 Å². The molecule has 0 saturated carbocycles. The SMILES string of the molecule is FC(F)(F)COc1cccc(CN2CCCC2Cn2cncn2)c1. The summed E-state index contributed by atoms with van der Waals surface area (Å²) in [4.78, 5) is 6.27. The van der Waals surface area contributed by atoms with Crippen LogP contribution in [0.4, 0.5) is 13.2 Å². The molecule has 0 radical (unpaired) electrons. The molecule has 0 amide bonds. The summed E-state index contributed by atoms with van der Waals surface area (Å²) in [6.45, 7) is 1.15. The molecule has 1 aromatic heterocycles. The summed E-state index contributed by atoms with van der Waals surface area (Å²) in [5.74, 6) is 0.247. The molecule has 1 atom stereocenters. The fourth-order valence-electron chi connectivity index (χ4n) is 2.99. The number of hydrogen-bond acceptors (Lipinski definition) is 4. The van der Waals surface area contributed by atoms with Crippen LogP contribution in [0.25, 0.3) is 0 Å². The number of halogens is 3. The van der Waals surface area contributed by atoms with E-state index in [1.54, 1.807) is 24.5 Å². The minimum atomic E-state index is -4.33. The zero-order valence-corrected chi connectivity index (χ0v) is 13.1. The molecule has 0 aliphatic carbocycles. The summed E-state index contributed by atoms with van der Waals surface area (Å²) in [5, 5.41) is 4.14. The van der Waals surface area contributed by atoms with E-state index in [1.165, 1.54) is 6.33 Å². The number of nitrogens with zero attached hydrogens (tertiary/aromatic N) is 4. The molecule has 130 valence electrons. The Hall–Kier alpha value is -2.09. The van der Waals surface area contributed by atoms with E-state index < -0.39 is 12.8 Å². The molecule has 1 fully saturated rings. The summed E-state index contributed by atoms with van der Waals surface area (Å²) >= 11 is 0. The third-order valence-electron chi connectivity index (χ3n) is 4.05. The van der Waals surface area contributed by atoms with Gasteiger partial charge in [-0.25, -0.2) is 4.98 Å². The van der Waals surface area contributed by atoms with Crippen molar-refractivity contribution in [3.8, 4) is 5.75 Å². The van der Waals surface area contributed by atoms with Gasteiger partial charge in [-0.2, -0.15) is 18.3 Å². The lowest BCUT2D eigenvalue weighted by Crippen LogP contribution is -2.32. The molecule has 2 aromatic rings. The number of alkyl halides is 3. The third-order valence-corrected chi connectivity index (χ3v) is 4.05. The molecule has 0 bridgehead atoms. The van der Waals surface area contributed by atoms with Crippen molar-refractivity contribution >= 4 is 0 Å².